The van der Waals surface area contributed by atoms with Gasteiger partial charge in [0.2, 0.25) is 0 Å². The Morgan fingerprint density at radius 2 is 1.97 bits per heavy atom. The lowest BCUT2D eigenvalue weighted by Crippen LogP contribution is -2.38. The Bertz CT molecular complexity index is 934. The Labute approximate surface area is 193 Å². The summed E-state index contributed by atoms with van der Waals surface area (Å²) in [6.45, 7) is 4.89. The van der Waals surface area contributed by atoms with E-state index in [9.17, 15) is 9.59 Å². The fourth-order valence-corrected chi connectivity index (χ4v) is 3.58. The van der Waals surface area contributed by atoms with Crippen molar-refractivity contribution >= 4 is 34.9 Å². The van der Waals surface area contributed by atoms with Gasteiger partial charge >= 0.3 is 6.03 Å². The van der Waals surface area contributed by atoms with Crippen LogP contribution in [0.25, 0.3) is 0 Å². The van der Waals surface area contributed by atoms with Crippen molar-refractivity contribution in [3.8, 4) is 5.75 Å². The van der Waals surface area contributed by atoms with Crippen LogP contribution < -0.4 is 20.3 Å². The molecular formula is C23H29ClN4O4. The first-order valence-corrected chi connectivity index (χ1v) is 10.9. The fourth-order valence-electron chi connectivity index (χ4n) is 3.39. The molecule has 1 fully saturated rings. The van der Waals surface area contributed by atoms with Crippen molar-refractivity contribution in [2.45, 2.75) is 6.42 Å². The molecule has 3 amide bonds. The molecule has 8 nitrogen and oxygen atoms in total. The molecule has 0 aromatic heterocycles. The van der Waals surface area contributed by atoms with Crippen molar-refractivity contribution < 1.29 is 19.1 Å². The minimum absolute atomic E-state index is 0.207. The number of methoxy groups -OCH3 is 1. The van der Waals surface area contributed by atoms with Crippen LogP contribution in [0, 0.1) is 0 Å². The van der Waals surface area contributed by atoms with E-state index in [-0.39, 0.29) is 11.9 Å². The number of anilines is 2. The zero-order valence-corrected chi connectivity index (χ0v) is 19.2. The van der Waals surface area contributed by atoms with Gasteiger partial charge in [-0.1, -0.05) is 17.7 Å². The van der Waals surface area contributed by atoms with Crippen LogP contribution in [0.4, 0.5) is 16.2 Å². The van der Waals surface area contributed by atoms with Crippen molar-refractivity contribution in [1.82, 2.24) is 10.2 Å². The smallest absolute Gasteiger partial charge is 0.326 e. The normalized spacial score (nSPS) is 14.0. The molecule has 1 heterocycles. The average molecular weight is 461 g/mol. The van der Waals surface area contributed by atoms with Gasteiger partial charge in [0.15, 0.2) is 0 Å². The second kappa shape index (κ2) is 11.7. The summed E-state index contributed by atoms with van der Waals surface area (Å²) in [5.74, 6) is 0.192. The van der Waals surface area contributed by atoms with E-state index in [0.717, 1.165) is 39.3 Å². The van der Waals surface area contributed by atoms with Gasteiger partial charge in [0.1, 0.15) is 5.75 Å². The number of amides is 3. The molecule has 32 heavy (non-hydrogen) atoms. The van der Waals surface area contributed by atoms with Crippen molar-refractivity contribution in [1.29, 1.82) is 0 Å². The first kappa shape index (κ1) is 23.8. The Kier molecular flexibility index (Phi) is 8.72. The second-order valence-corrected chi connectivity index (χ2v) is 7.88. The summed E-state index contributed by atoms with van der Waals surface area (Å²) in [6, 6.07) is 11.6. The molecule has 0 unspecified atom stereocenters. The van der Waals surface area contributed by atoms with E-state index in [4.69, 9.17) is 21.1 Å². The fraction of sp³-hybridized carbons (Fsp3) is 0.391. The number of benzene rings is 2. The lowest BCUT2D eigenvalue weighted by atomic mass is 10.1. The van der Waals surface area contributed by atoms with Gasteiger partial charge in [-0.25, -0.2) is 4.79 Å². The molecule has 1 saturated heterocycles. The number of carbonyl (C=O) groups is 2. The molecule has 172 valence electrons. The predicted octanol–water partition coefficient (Wildman–Crippen LogP) is 3.47. The number of hydrogen-bond acceptors (Lipinski definition) is 5. The number of hydrogen-bond donors (Lipinski definition) is 2. The van der Waals surface area contributed by atoms with E-state index in [0.29, 0.717) is 34.3 Å². The molecular weight excluding hydrogens is 432 g/mol. The molecule has 2 N–H and O–H groups in total. The first-order chi connectivity index (χ1) is 15.5. The Morgan fingerprint density at radius 1 is 1.19 bits per heavy atom. The quantitative estimate of drug-likeness (QED) is 0.589. The molecule has 0 aliphatic carbocycles. The number of carbonyl (C=O) groups excluding carboxylic acids is 2. The summed E-state index contributed by atoms with van der Waals surface area (Å²) >= 11 is 5.97. The highest BCUT2D eigenvalue weighted by Crippen LogP contribution is 2.26. The van der Waals surface area contributed by atoms with Gasteiger partial charge in [0.05, 0.1) is 25.9 Å². The number of morpholine rings is 1. The Hall–Kier alpha value is -2.81. The third-order valence-electron chi connectivity index (χ3n) is 5.24. The Morgan fingerprint density at radius 3 is 2.69 bits per heavy atom. The number of halogens is 1. The van der Waals surface area contributed by atoms with E-state index in [1.807, 2.05) is 0 Å². The summed E-state index contributed by atoms with van der Waals surface area (Å²) < 4.78 is 10.8. The molecule has 1 aliphatic heterocycles. The predicted molar refractivity (Wildman–Crippen MR) is 126 cm³/mol. The van der Waals surface area contributed by atoms with Crippen LogP contribution in [0.3, 0.4) is 0 Å². The van der Waals surface area contributed by atoms with Crippen LogP contribution in [0.15, 0.2) is 42.5 Å². The molecule has 2 aromatic carbocycles. The summed E-state index contributed by atoms with van der Waals surface area (Å²) in [7, 11) is 3.14. The van der Waals surface area contributed by atoms with Crippen LogP contribution in [0.1, 0.15) is 16.8 Å². The number of nitrogens with zero attached hydrogens (tertiary/aromatic N) is 2. The number of rotatable bonds is 8. The van der Waals surface area contributed by atoms with Gasteiger partial charge in [0, 0.05) is 49.1 Å². The summed E-state index contributed by atoms with van der Waals surface area (Å²) in [4.78, 5) is 29.0. The van der Waals surface area contributed by atoms with E-state index in [1.165, 1.54) is 12.0 Å². The van der Waals surface area contributed by atoms with Gasteiger partial charge in [-0.05, 0) is 43.3 Å². The summed E-state index contributed by atoms with van der Waals surface area (Å²) in [6.07, 6.45) is 0.860. The van der Waals surface area contributed by atoms with E-state index in [2.05, 4.69) is 15.5 Å². The molecule has 0 atom stereocenters. The maximum absolute atomic E-state index is 12.6. The van der Waals surface area contributed by atoms with Crippen molar-refractivity contribution in [2.24, 2.45) is 0 Å². The zero-order valence-electron chi connectivity index (χ0n) is 18.4. The minimum Gasteiger partial charge on any atom is -0.496 e. The van der Waals surface area contributed by atoms with Gasteiger partial charge in [0.25, 0.3) is 5.91 Å². The monoisotopic (exact) mass is 460 g/mol. The first-order valence-electron chi connectivity index (χ1n) is 10.5. The van der Waals surface area contributed by atoms with Gasteiger partial charge in [-0.15, -0.1) is 0 Å². The highest BCUT2D eigenvalue weighted by Gasteiger charge is 2.17. The lowest BCUT2D eigenvalue weighted by Gasteiger charge is -2.26. The lowest BCUT2D eigenvalue weighted by molar-refractivity contribution is 0.0374. The SMILES string of the molecule is COc1cc(N(C)C(=O)Nc2cccc(Cl)c2)ccc1C(=O)NCCCN1CCOCC1. The zero-order chi connectivity index (χ0) is 22.9. The van der Waals surface area contributed by atoms with Crippen molar-refractivity contribution in [2.75, 3.05) is 63.8 Å². The largest absolute Gasteiger partial charge is 0.496 e. The third-order valence-corrected chi connectivity index (χ3v) is 5.47. The molecule has 2 aromatic rings. The second-order valence-electron chi connectivity index (χ2n) is 7.45. The minimum atomic E-state index is -0.338. The van der Waals surface area contributed by atoms with Crippen molar-refractivity contribution in [3.63, 3.8) is 0 Å². The van der Waals surface area contributed by atoms with E-state index in [1.54, 1.807) is 49.5 Å². The maximum Gasteiger partial charge on any atom is 0.326 e. The summed E-state index contributed by atoms with van der Waals surface area (Å²) in [5.41, 5.74) is 1.60. The molecule has 3 rings (SSSR count). The van der Waals surface area contributed by atoms with E-state index < -0.39 is 0 Å². The number of nitrogens with one attached hydrogen (secondary N) is 2. The maximum atomic E-state index is 12.6. The number of ether oxygens (including phenoxy) is 2. The highest BCUT2D eigenvalue weighted by molar-refractivity contribution is 6.30. The molecule has 9 heteroatoms. The van der Waals surface area contributed by atoms with Crippen LogP contribution in [-0.2, 0) is 4.74 Å². The van der Waals surface area contributed by atoms with Gasteiger partial charge in [-0.3, -0.25) is 14.6 Å². The highest BCUT2D eigenvalue weighted by atomic mass is 35.5. The molecule has 0 bridgehead atoms. The standard InChI is InChI=1S/C23H29ClN4O4/c1-27(23(30)26-18-6-3-5-17(24)15-18)19-7-8-20(21(16-19)31-2)22(29)25-9-4-10-28-11-13-32-14-12-28/h3,5-8,15-16H,4,9-14H2,1-2H3,(H,25,29)(H,26,30). The van der Waals surface area contributed by atoms with E-state index >= 15 is 0 Å². The van der Waals surface area contributed by atoms with Gasteiger partial charge in [-0.2, -0.15) is 0 Å². The third kappa shape index (κ3) is 6.59. The van der Waals surface area contributed by atoms with Gasteiger partial charge < -0.3 is 20.1 Å². The average Bonchev–Trinajstić information content (AvgIpc) is 2.81. The summed E-state index contributed by atoms with van der Waals surface area (Å²) in [5, 5.41) is 6.26. The topological polar surface area (TPSA) is 83.1 Å². The van der Waals surface area contributed by atoms with Crippen molar-refractivity contribution in [3.05, 3.63) is 53.1 Å². The van der Waals surface area contributed by atoms with Crippen LogP contribution >= 0.6 is 11.6 Å². The molecule has 0 radical (unpaired) electrons. The van der Waals surface area contributed by atoms with Crippen LogP contribution in [-0.4, -0.2) is 70.4 Å². The van der Waals surface area contributed by atoms with Crippen LogP contribution in [0.5, 0.6) is 5.75 Å². The number of urea groups is 1. The molecule has 0 saturated carbocycles. The Balaban J connectivity index is 1.56. The molecule has 0 spiro atoms. The van der Waals surface area contributed by atoms with Crippen LogP contribution in [0.2, 0.25) is 5.02 Å². The molecule has 1 aliphatic rings.